The molecule has 160 valence electrons. The molecule has 1 aromatic carbocycles. The summed E-state index contributed by atoms with van der Waals surface area (Å²) in [4.78, 5) is 37.5. The Morgan fingerprint density at radius 1 is 1.23 bits per heavy atom. The number of rotatable bonds is 7. The molecule has 0 aliphatic heterocycles. The predicted octanol–water partition coefficient (Wildman–Crippen LogP) is 4.62. The lowest BCUT2D eigenvalue weighted by Crippen LogP contribution is -2.29. The second-order valence-corrected chi connectivity index (χ2v) is 9.37. The van der Waals surface area contributed by atoms with E-state index in [9.17, 15) is 9.59 Å². The predicted molar refractivity (Wildman–Crippen MR) is 126 cm³/mol. The maximum atomic E-state index is 12.8. The summed E-state index contributed by atoms with van der Waals surface area (Å²) in [5.74, 6) is 1.02. The minimum absolute atomic E-state index is 0.0316. The van der Waals surface area contributed by atoms with Gasteiger partial charge < -0.3 is 14.6 Å². The Hall–Kier alpha value is -2.97. The number of fused-ring (bicyclic) bond motifs is 1. The van der Waals surface area contributed by atoms with E-state index in [-0.39, 0.29) is 17.9 Å². The Labute approximate surface area is 188 Å². The zero-order valence-electron chi connectivity index (χ0n) is 17.6. The van der Waals surface area contributed by atoms with Crippen LogP contribution in [0.3, 0.4) is 0 Å². The van der Waals surface area contributed by atoms with E-state index in [1.807, 2.05) is 55.6 Å². The van der Waals surface area contributed by atoms with Crippen LogP contribution in [-0.4, -0.2) is 34.4 Å². The smallest absolute Gasteiger partial charge is 0.260 e. The van der Waals surface area contributed by atoms with Crippen LogP contribution in [0.4, 0.5) is 0 Å². The van der Waals surface area contributed by atoms with Crippen molar-refractivity contribution in [3.63, 3.8) is 0 Å². The van der Waals surface area contributed by atoms with Gasteiger partial charge in [0.15, 0.2) is 0 Å². The van der Waals surface area contributed by atoms with Gasteiger partial charge in [0.05, 0.1) is 18.4 Å². The second kappa shape index (κ2) is 9.03. The van der Waals surface area contributed by atoms with Gasteiger partial charge in [-0.25, -0.2) is 4.98 Å². The highest BCUT2D eigenvalue weighted by Crippen LogP contribution is 2.35. The quantitative estimate of drug-likeness (QED) is 0.443. The number of hydrogen-bond acceptors (Lipinski definition) is 6. The summed E-state index contributed by atoms with van der Waals surface area (Å²) in [5, 5.41) is 2.54. The standard InChI is InChI=1S/C23H23N3O3S2/c1-4-29-17-8-6-5-7-15(17)12-26(3)20(27)11-19-24-22(28)21-16(13-30-23(21)25-19)18-10-9-14(2)31-18/h5-10,13H,4,11-12H2,1-3H3,(H,24,25,28). The molecule has 0 saturated heterocycles. The molecular formula is C23H23N3O3S2. The van der Waals surface area contributed by atoms with Crippen LogP contribution in [0.2, 0.25) is 0 Å². The molecule has 4 aromatic rings. The van der Waals surface area contributed by atoms with Crippen molar-refractivity contribution in [1.82, 2.24) is 14.9 Å². The molecule has 0 saturated carbocycles. The van der Waals surface area contributed by atoms with Crippen LogP contribution in [0.5, 0.6) is 5.75 Å². The lowest BCUT2D eigenvalue weighted by atomic mass is 10.2. The second-order valence-electron chi connectivity index (χ2n) is 7.22. The number of ether oxygens (including phenoxy) is 1. The zero-order chi connectivity index (χ0) is 22.0. The van der Waals surface area contributed by atoms with Crippen molar-refractivity contribution in [1.29, 1.82) is 0 Å². The van der Waals surface area contributed by atoms with Crippen LogP contribution in [0.25, 0.3) is 20.7 Å². The third kappa shape index (κ3) is 4.55. The number of amides is 1. The molecule has 8 heteroatoms. The summed E-state index contributed by atoms with van der Waals surface area (Å²) in [7, 11) is 1.74. The van der Waals surface area contributed by atoms with Crippen LogP contribution >= 0.6 is 22.7 Å². The molecule has 0 aliphatic carbocycles. The Morgan fingerprint density at radius 2 is 2.03 bits per heavy atom. The number of hydrogen-bond donors (Lipinski definition) is 1. The number of benzene rings is 1. The van der Waals surface area contributed by atoms with Gasteiger partial charge in [-0.2, -0.15) is 0 Å². The topological polar surface area (TPSA) is 75.3 Å². The van der Waals surface area contributed by atoms with E-state index in [4.69, 9.17) is 4.74 Å². The fourth-order valence-electron chi connectivity index (χ4n) is 3.39. The lowest BCUT2D eigenvalue weighted by Gasteiger charge is -2.19. The highest BCUT2D eigenvalue weighted by molar-refractivity contribution is 7.19. The number of aromatic amines is 1. The van der Waals surface area contributed by atoms with Gasteiger partial charge in [-0.3, -0.25) is 9.59 Å². The van der Waals surface area contributed by atoms with Crippen molar-refractivity contribution in [3.8, 4) is 16.2 Å². The van der Waals surface area contributed by atoms with Crippen LogP contribution < -0.4 is 10.3 Å². The number of aryl methyl sites for hydroxylation is 1. The largest absolute Gasteiger partial charge is 0.494 e. The number of likely N-dealkylation sites (N-methyl/N-ethyl adjacent to an activating group) is 1. The molecule has 0 atom stereocenters. The first-order chi connectivity index (χ1) is 15.0. The molecule has 1 N–H and O–H groups in total. The average Bonchev–Trinajstić information content (AvgIpc) is 3.36. The summed E-state index contributed by atoms with van der Waals surface area (Å²) in [6.07, 6.45) is 0.0316. The van der Waals surface area contributed by atoms with Crippen molar-refractivity contribution in [2.24, 2.45) is 0 Å². The van der Waals surface area contributed by atoms with Gasteiger partial charge in [0, 0.05) is 39.9 Å². The third-order valence-corrected chi connectivity index (χ3v) is 6.83. The SMILES string of the molecule is CCOc1ccccc1CN(C)C(=O)Cc1nc2scc(-c3ccc(C)s3)c2c(=O)[nH]1. The number of para-hydroxylation sites is 1. The fourth-order valence-corrected chi connectivity index (χ4v) is 5.31. The molecule has 4 rings (SSSR count). The van der Waals surface area contributed by atoms with Crippen molar-refractivity contribution in [2.45, 2.75) is 26.8 Å². The van der Waals surface area contributed by atoms with Crippen molar-refractivity contribution >= 4 is 38.8 Å². The number of carbonyl (C=O) groups is 1. The first kappa shape index (κ1) is 21.3. The van der Waals surface area contributed by atoms with Gasteiger partial charge in [-0.1, -0.05) is 18.2 Å². The Kier molecular flexibility index (Phi) is 6.20. The van der Waals surface area contributed by atoms with Crippen molar-refractivity contribution < 1.29 is 9.53 Å². The van der Waals surface area contributed by atoms with Crippen LogP contribution in [0, 0.1) is 6.92 Å². The van der Waals surface area contributed by atoms with Crippen LogP contribution in [0.1, 0.15) is 23.2 Å². The minimum Gasteiger partial charge on any atom is -0.494 e. The monoisotopic (exact) mass is 453 g/mol. The summed E-state index contributed by atoms with van der Waals surface area (Å²) >= 11 is 3.07. The Bertz CT molecular complexity index is 1290. The van der Waals surface area contributed by atoms with Gasteiger partial charge >= 0.3 is 0 Å². The van der Waals surface area contributed by atoms with E-state index in [2.05, 4.69) is 9.97 Å². The molecular weight excluding hydrogens is 430 g/mol. The van der Waals surface area contributed by atoms with Crippen LogP contribution in [0.15, 0.2) is 46.6 Å². The molecule has 0 spiro atoms. The highest BCUT2D eigenvalue weighted by atomic mass is 32.1. The molecule has 0 fully saturated rings. The van der Waals surface area contributed by atoms with Gasteiger partial charge in [-0.15, -0.1) is 22.7 Å². The molecule has 6 nitrogen and oxygen atoms in total. The maximum absolute atomic E-state index is 12.8. The van der Waals surface area contributed by atoms with Crippen molar-refractivity contribution in [2.75, 3.05) is 13.7 Å². The van der Waals surface area contributed by atoms with Gasteiger partial charge in [-0.05, 0) is 32.0 Å². The van der Waals surface area contributed by atoms with E-state index in [0.717, 1.165) is 21.8 Å². The van der Waals surface area contributed by atoms with Gasteiger partial charge in [0.25, 0.3) is 5.56 Å². The Balaban J connectivity index is 1.53. The highest BCUT2D eigenvalue weighted by Gasteiger charge is 2.17. The average molecular weight is 454 g/mol. The molecule has 0 radical (unpaired) electrons. The van der Waals surface area contributed by atoms with E-state index < -0.39 is 0 Å². The zero-order valence-corrected chi connectivity index (χ0v) is 19.2. The summed E-state index contributed by atoms with van der Waals surface area (Å²) in [6, 6.07) is 11.7. The molecule has 0 bridgehead atoms. The molecule has 0 aliphatic rings. The fraction of sp³-hybridized carbons (Fsp3) is 0.261. The first-order valence-electron chi connectivity index (χ1n) is 9.98. The number of nitrogens with zero attached hydrogens (tertiary/aromatic N) is 2. The maximum Gasteiger partial charge on any atom is 0.260 e. The summed E-state index contributed by atoms with van der Waals surface area (Å²) in [6.45, 7) is 4.95. The van der Waals surface area contributed by atoms with E-state index in [1.54, 1.807) is 23.3 Å². The van der Waals surface area contributed by atoms with Gasteiger partial charge in [0.1, 0.15) is 16.4 Å². The van der Waals surface area contributed by atoms with E-state index in [0.29, 0.717) is 29.2 Å². The molecule has 3 aromatic heterocycles. The molecule has 0 unspecified atom stereocenters. The Morgan fingerprint density at radius 3 is 2.77 bits per heavy atom. The first-order valence-corrected chi connectivity index (χ1v) is 11.7. The lowest BCUT2D eigenvalue weighted by molar-refractivity contribution is -0.129. The number of H-pyrrole nitrogens is 1. The van der Waals surface area contributed by atoms with E-state index in [1.165, 1.54) is 16.2 Å². The number of nitrogens with one attached hydrogen (secondary N) is 1. The molecule has 3 heterocycles. The van der Waals surface area contributed by atoms with E-state index >= 15 is 0 Å². The number of aromatic nitrogens is 2. The minimum atomic E-state index is -0.209. The van der Waals surface area contributed by atoms with Crippen molar-refractivity contribution in [3.05, 3.63) is 68.4 Å². The van der Waals surface area contributed by atoms with Crippen LogP contribution in [-0.2, 0) is 17.8 Å². The molecule has 31 heavy (non-hydrogen) atoms. The third-order valence-electron chi connectivity index (χ3n) is 4.92. The number of thiophene rings is 2. The number of carbonyl (C=O) groups excluding carboxylic acids is 1. The normalized spacial score (nSPS) is 11.1. The van der Waals surface area contributed by atoms with Gasteiger partial charge in [0.2, 0.25) is 5.91 Å². The molecule has 1 amide bonds. The summed E-state index contributed by atoms with van der Waals surface area (Å²) in [5.41, 5.74) is 1.63. The summed E-state index contributed by atoms with van der Waals surface area (Å²) < 4.78 is 5.64.